The summed E-state index contributed by atoms with van der Waals surface area (Å²) in [5.74, 6) is 0. The molecule has 0 heterocycles. The van der Waals surface area contributed by atoms with Gasteiger partial charge in [-0.3, -0.25) is 0 Å². The lowest BCUT2D eigenvalue weighted by Crippen LogP contribution is -1.88. The van der Waals surface area contributed by atoms with E-state index in [1.165, 1.54) is 0 Å². The highest BCUT2D eigenvalue weighted by atomic mass is 31.1. The van der Waals surface area contributed by atoms with Gasteiger partial charge >= 0.3 is 8.03 Å². The Labute approximate surface area is 43.7 Å². The molecule has 0 spiro atoms. The molecule has 0 aliphatic rings. The van der Waals surface area contributed by atoms with Crippen molar-refractivity contribution in [1.29, 1.82) is 0 Å². The molecule has 0 N–H and O–H groups in total. The van der Waals surface area contributed by atoms with Crippen LogP contribution >= 0.6 is 8.03 Å². The van der Waals surface area contributed by atoms with Crippen LogP contribution in [0.15, 0.2) is 12.7 Å². The van der Waals surface area contributed by atoms with Crippen molar-refractivity contribution in [2.45, 2.75) is 6.42 Å². The Bertz CT molecular complexity index is 79.8. The second-order valence-corrected chi connectivity index (χ2v) is 2.25. The van der Waals surface area contributed by atoms with Gasteiger partial charge in [-0.2, -0.15) is 0 Å². The maximum atomic E-state index is 9.75. The Morgan fingerprint density at radius 1 is 1.86 bits per heavy atom. The maximum absolute atomic E-state index is 9.75. The molecule has 7 heavy (non-hydrogen) atoms. The lowest BCUT2D eigenvalue weighted by Gasteiger charge is -1.79. The van der Waals surface area contributed by atoms with Crippen molar-refractivity contribution in [3.05, 3.63) is 12.7 Å². The van der Waals surface area contributed by atoms with Gasteiger partial charge in [-0.05, 0) is 0 Å². The Kier molecular flexibility index (Phi) is 3.86. The summed E-state index contributed by atoms with van der Waals surface area (Å²) in [5, 5.41) is 0. The lowest BCUT2D eigenvalue weighted by atomic mass is 10.5. The molecule has 0 aromatic heterocycles. The fourth-order valence-corrected chi connectivity index (χ4v) is 0.590. The van der Waals surface area contributed by atoms with E-state index in [1.807, 2.05) is 0 Å². The van der Waals surface area contributed by atoms with Crippen LogP contribution in [0.4, 0.5) is 0 Å². The molecule has 0 fully saturated rings. The van der Waals surface area contributed by atoms with E-state index in [0.29, 0.717) is 6.42 Å². The zero-order valence-corrected chi connectivity index (χ0v) is 4.86. The number of allylic oxidation sites excluding steroid dienone is 1. The minimum absolute atomic E-state index is 0.235. The fourth-order valence-electron chi connectivity index (χ4n) is 0.197. The molecular weight excluding hydrogens is 111 g/mol. The highest BCUT2D eigenvalue weighted by Crippen LogP contribution is 2.07. The molecule has 0 aliphatic heterocycles. The van der Waals surface area contributed by atoms with Crippen LogP contribution in [0.3, 0.4) is 0 Å². The molecule has 0 bridgehead atoms. The van der Waals surface area contributed by atoms with Crippen molar-refractivity contribution >= 4 is 8.03 Å². The minimum Gasteiger partial charge on any atom is -0.596 e. The van der Waals surface area contributed by atoms with Gasteiger partial charge in [0.25, 0.3) is 0 Å². The second-order valence-electron chi connectivity index (χ2n) is 1.13. The van der Waals surface area contributed by atoms with E-state index in [9.17, 15) is 9.46 Å². The van der Waals surface area contributed by atoms with E-state index in [-0.39, 0.29) is 6.16 Å². The average Bonchev–Trinajstić information content (AvgIpc) is 1.61. The molecule has 0 aromatic rings. The molecule has 1 unspecified atom stereocenters. The zero-order chi connectivity index (χ0) is 5.70. The normalized spacial score (nSPS) is 10.7. The Morgan fingerprint density at radius 2 is 2.43 bits per heavy atom. The SMILES string of the molecule is C=CCC[P+](=O)[O-]. The molecule has 1 atom stereocenters. The van der Waals surface area contributed by atoms with Crippen LogP contribution in [0.25, 0.3) is 0 Å². The van der Waals surface area contributed by atoms with E-state index in [2.05, 4.69) is 6.58 Å². The van der Waals surface area contributed by atoms with Gasteiger partial charge in [0.1, 0.15) is 6.16 Å². The standard InChI is InChI=1S/C4H7O2P/c1-2-3-4-7(5)6/h2H,1,3-4H2. The first-order valence-electron chi connectivity index (χ1n) is 2.00. The Hall–Kier alpha value is -0.200. The quantitative estimate of drug-likeness (QED) is 0.403. The van der Waals surface area contributed by atoms with Crippen molar-refractivity contribution in [3.63, 3.8) is 0 Å². The van der Waals surface area contributed by atoms with Crippen molar-refractivity contribution in [1.82, 2.24) is 0 Å². The Balaban J connectivity index is 2.97. The molecule has 0 amide bonds. The predicted octanol–water partition coefficient (Wildman–Crippen LogP) is 0.665. The second kappa shape index (κ2) is 3.97. The van der Waals surface area contributed by atoms with Gasteiger partial charge in [-0.25, -0.2) is 0 Å². The van der Waals surface area contributed by atoms with Gasteiger partial charge in [0.15, 0.2) is 0 Å². The molecule has 3 heteroatoms. The summed E-state index contributed by atoms with van der Waals surface area (Å²) in [7, 11) is -2.18. The molecule has 0 aromatic carbocycles. The van der Waals surface area contributed by atoms with Gasteiger partial charge in [0.05, 0.1) is 0 Å². The van der Waals surface area contributed by atoms with E-state index in [1.54, 1.807) is 6.08 Å². The zero-order valence-electron chi connectivity index (χ0n) is 3.96. The van der Waals surface area contributed by atoms with Crippen molar-refractivity contribution in [2.75, 3.05) is 6.16 Å². The van der Waals surface area contributed by atoms with Crippen molar-refractivity contribution in [3.8, 4) is 0 Å². The molecule has 40 valence electrons. The Morgan fingerprint density at radius 3 is 2.57 bits per heavy atom. The summed E-state index contributed by atoms with van der Waals surface area (Å²) >= 11 is 0. The predicted molar refractivity (Wildman–Crippen MR) is 27.3 cm³/mol. The number of hydrogen-bond donors (Lipinski definition) is 0. The lowest BCUT2D eigenvalue weighted by molar-refractivity contribution is -0.164. The van der Waals surface area contributed by atoms with Crippen LogP contribution < -0.4 is 4.89 Å². The van der Waals surface area contributed by atoms with Crippen LogP contribution in [0.2, 0.25) is 0 Å². The topological polar surface area (TPSA) is 40.1 Å². The van der Waals surface area contributed by atoms with E-state index < -0.39 is 8.03 Å². The molecule has 0 saturated heterocycles. The smallest absolute Gasteiger partial charge is 0.309 e. The maximum Gasteiger partial charge on any atom is 0.309 e. The minimum atomic E-state index is -2.18. The van der Waals surface area contributed by atoms with Gasteiger partial charge in [-0.1, -0.05) is 10.6 Å². The molecule has 0 aliphatic carbocycles. The number of rotatable bonds is 3. The highest BCUT2D eigenvalue weighted by Gasteiger charge is 1.93. The number of hydrogen-bond acceptors (Lipinski definition) is 2. The first-order valence-corrected chi connectivity index (χ1v) is 3.36. The van der Waals surface area contributed by atoms with E-state index >= 15 is 0 Å². The van der Waals surface area contributed by atoms with Gasteiger partial charge in [0.2, 0.25) is 0 Å². The van der Waals surface area contributed by atoms with Crippen LogP contribution in [-0.4, -0.2) is 6.16 Å². The van der Waals surface area contributed by atoms with Gasteiger partial charge < -0.3 is 4.89 Å². The van der Waals surface area contributed by atoms with Crippen LogP contribution in [-0.2, 0) is 4.57 Å². The average molecular weight is 118 g/mol. The van der Waals surface area contributed by atoms with Crippen LogP contribution in [0, 0.1) is 0 Å². The van der Waals surface area contributed by atoms with Crippen LogP contribution in [0.5, 0.6) is 0 Å². The first-order chi connectivity index (χ1) is 3.27. The molecule has 0 rings (SSSR count). The van der Waals surface area contributed by atoms with Crippen molar-refractivity contribution in [2.24, 2.45) is 0 Å². The summed E-state index contributed by atoms with van der Waals surface area (Å²) in [6, 6.07) is 0. The molecule has 0 radical (unpaired) electrons. The van der Waals surface area contributed by atoms with Crippen LogP contribution in [0.1, 0.15) is 6.42 Å². The first kappa shape index (κ1) is 6.80. The van der Waals surface area contributed by atoms with E-state index in [0.717, 1.165) is 0 Å². The summed E-state index contributed by atoms with van der Waals surface area (Å²) in [4.78, 5) is 9.75. The third-order valence-electron chi connectivity index (χ3n) is 0.516. The molecule has 0 saturated carbocycles. The molecule has 2 nitrogen and oxygen atoms in total. The third-order valence-corrected chi connectivity index (χ3v) is 1.14. The monoisotopic (exact) mass is 118 g/mol. The highest BCUT2D eigenvalue weighted by molar-refractivity contribution is 7.36. The summed E-state index contributed by atoms with van der Waals surface area (Å²) in [6.07, 6.45) is 2.39. The largest absolute Gasteiger partial charge is 0.596 e. The summed E-state index contributed by atoms with van der Waals surface area (Å²) in [6.45, 7) is 3.37. The molecular formula is C4H7O2P. The fraction of sp³-hybridized carbons (Fsp3) is 0.500. The summed E-state index contributed by atoms with van der Waals surface area (Å²) in [5.41, 5.74) is 0. The van der Waals surface area contributed by atoms with E-state index in [4.69, 9.17) is 0 Å². The van der Waals surface area contributed by atoms with Gasteiger partial charge in [-0.15, -0.1) is 6.58 Å². The van der Waals surface area contributed by atoms with Crippen molar-refractivity contribution < 1.29 is 9.46 Å². The van der Waals surface area contributed by atoms with Gasteiger partial charge in [0, 0.05) is 6.42 Å². The summed E-state index contributed by atoms with van der Waals surface area (Å²) < 4.78 is 9.75. The third kappa shape index (κ3) is 5.80.